The molecular weight excluding hydrogens is 290 g/mol. The highest BCUT2D eigenvalue weighted by Gasteiger charge is 2.11. The minimum Gasteiger partial charge on any atom is -0.325 e. The third kappa shape index (κ3) is 2.54. The highest BCUT2D eigenvalue weighted by atomic mass is 35.5. The first-order valence-electron chi connectivity index (χ1n) is 6.32. The van der Waals surface area contributed by atoms with Gasteiger partial charge in [0.1, 0.15) is 10.7 Å². The summed E-state index contributed by atoms with van der Waals surface area (Å²) in [6.07, 6.45) is 1.99. The molecule has 3 nitrogen and oxygen atoms in total. The summed E-state index contributed by atoms with van der Waals surface area (Å²) in [5, 5.41) is 1.76. The van der Waals surface area contributed by atoms with Gasteiger partial charge in [0.05, 0.1) is 5.69 Å². The van der Waals surface area contributed by atoms with Gasteiger partial charge in [0.2, 0.25) is 0 Å². The van der Waals surface area contributed by atoms with Gasteiger partial charge in [0.15, 0.2) is 0 Å². The Balaban J connectivity index is 1.89. The van der Waals surface area contributed by atoms with Crippen LogP contribution in [0.1, 0.15) is 11.3 Å². The van der Waals surface area contributed by atoms with Crippen LogP contribution >= 0.6 is 23.4 Å². The number of benzene rings is 1. The van der Waals surface area contributed by atoms with E-state index in [0.29, 0.717) is 6.54 Å². The summed E-state index contributed by atoms with van der Waals surface area (Å²) in [4.78, 5) is 4.63. The molecule has 5 heteroatoms. The molecule has 2 aromatic heterocycles. The Labute approximate surface area is 126 Å². The van der Waals surface area contributed by atoms with Gasteiger partial charge in [-0.3, -0.25) is 0 Å². The average Bonchev–Trinajstić information content (AvgIpc) is 2.84. The number of aromatic nitrogens is 2. The van der Waals surface area contributed by atoms with Gasteiger partial charge in [0, 0.05) is 23.5 Å². The average molecular weight is 304 g/mol. The van der Waals surface area contributed by atoms with Gasteiger partial charge in [-0.25, -0.2) is 4.98 Å². The van der Waals surface area contributed by atoms with Gasteiger partial charge >= 0.3 is 0 Å². The summed E-state index contributed by atoms with van der Waals surface area (Å²) in [6.45, 7) is 0.468. The third-order valence-corrected chi connectivity index (χ3v) is 4.53. The van der Waals surface area contributed by atoms with Crippen molar-refractivity contribution in [2.75, 3.05) is 0 Å². The number of hydrogen-bond acceptors (Lipinski definition) is 3. The minimum atomic E-state index is 0.468. The molecule has 3 aromatic rings. The predicted molar refractivity (Wildman–Crippen MR) is 84.1 cm³/mol. The first kappa shape index (κ1) is 13.5. The van der Waals surface area contributed by atoms with Gasteiger partial charge in [-0.05, 0) is 23.8 Å². The van der Waals surface area contributed by atoms with E-state index in [1.54, 1.807) is 11.8 Å². The Bertz CT molecular complexity index is 739. The summed E-state index contributed by atoms with van der Waals surface area (Å²) in [5.74, 6) is 0.788. The first-order chi connectivity index (χ1) is 9.79. The zero-order valence-corrected chi connectivity index (χ0v) is 12.4. The predicted octanol–water partition coefficient (Wildman–Crippen LogP) is 3.74. The third-order valence-electron chi connectivity index (χ3n) is 3.11. The molecule has 102 valence electrons. The monoisotopic (exact) mass is 303 g/mol. The Morgan fingerprint density at radius 1 is 1.15 bits per heavy atom. The van der Waals surface area contributed by atoms with E-state index < -0.39 is 0 Å². The molecule has 2 heterocycles. The number of pyridine rings is 1. The molecule has 0 aliphatic heterocycles. The zero-order valence-electron chi connectivity index (χ0n) is 10.8. The van der Waals surface area contributed by atoms with E-state index in [9.17, 15) is 0 Å². The second kappa shape index (κ2) is 5.87. The van der Waals surface area contributed by atoms with Crippen LogP contribution in [0.2, 0.25) is 5.02 Å². The number of nitrogens with two attached hydrogens (primary N) is 1. The molecule has 1 aromatic carbocycles. The number of halogens is 1. The van der Waals surface area contributed by atoms with Crippen molar-refractivity contribution in [2.45, 2.75) is 17.3 Å². The van der Waals surface area contributed by atoms with Gasteiger partial charge in [-0.15, -0.1) is 0 Å². The number of thioether (sulfide) groups is 1. The molecule has 20 heavy (non-hydrogen) atoms. The van der Waals surface area contributed by atoms with Crippen molar-refractivity contribution < 1.29 is 0 Å². The molecule has 0 unspecified atom stereocenters. The number of rotatable bonds is 4. The lowest BCUT2D eigenvalue weighted by molar-refractivity contribution is 0.921. The fourth-order valence-electron chi connectivity index (χ4n) is 2.09. The normalized spacial score (nSPS) is 11.1. The molecule has 0 bridgehead atoms. The lowest BCUT2D eigenvalue weighted by atomic mass is 10.2. The van der Waals surface area contributed by atoms with Crippen molar-refractivity contribution in [1.29, 1.82) is 0 Å². The van der Waals surface area contributed by atoms with Crippen LogP contribution in [0.4, 0.5) is 0 Å². The quantitative estimate of drug-likeness (QED) is 0.747. The van der Waals surface area contributed by atoms with E-state index >= 15 is 0 Å². The standard InChI is InChI=1S/C15H14ClN3S/c16-12-6-2-1-5-11(12)10-20-15-13(9-17)19-8-4-3-7-14(19)18-15/h1-8H,9-10,17H2. The highest BCUT2D eigenvalue weighted by Crippen LogP contribution is 2.29. The maximum atomic E-state index is 6.18. The number of imidazole rings is 1. The van der Waals surface area contributed by atoms with Crippen molar-refractivity contribution in [2.24, 2.45) is 5.73 Å². The van der Waals surface area contributed by atoms with Crippen molar-refractivity contribution in [3.63, 3.8) is 0 Å². The molecule has 0 radical (unpaired) electrons. The molecule has 0 aliphatic rings. The summed E-state index contributed by atoms with van der Waals surface area (Å²) in [5.41, 5.74) is 8.94. The SMILES string of the molecule is NCc1c(SCc2ccccc2Cl)nc2ccccn12. The maximum Gasteiger partial charge on any atom is 0.138 e. The van der Waals surface area contributed by atoms with E-state index in [1.165, 1.54) is 0 Å². The van der Waals surface area contributed by atoms with Gasteiger partial charge in [0.25, 0.3) is 0 Å². The second-order valence-corrected chi connectivity index (χ2v) is 5.75. The van der Waals surface area contributed by atoms with Crippen LogP contribution in [0.5, 0.6) is 0 Å². The van der Waals surface area contributed by atoms with Crippen LogP contribution in [-0.4, -0.2) is 9.38 Å². The molecule has 0 amide bonds. The van der Waals surface area contributed by atoms with Crippen LogP contribution in [0, 0.1) is 0 Å². The van der Waals surface area contributed by atoms with Crippen LogP contribution < -0.4 is 5.73 Å². The molecule has 0 saturated heterocycles. The Hall–Kier alpha value is -1.49. The molecular formula is C15H14ClN3S. The van der Waals surface area contributed by atoms with Gasteiger partial charge in [-0.2, -0.15) is 0 Å². The fraction of sp³-hybridized carbons (Fsp3) is 0.133. The summed E-state index contributed by atoms with van der Waals surface area (Å²) >= 11 is 7.85. The highest BCUT2D eigenvalue weighted by molar-refractivity contribution is 7.98. The van der Waals surface area contributed by atoms with E-state index in [0.717, 1.165) is 32.7 Å². The maximum absolute atomic E-state index is 6.18. The lowest BCUT2D eigenvalue weighted by Crippen LogP contribution is -2.01. The Morgan fingerprint density at radius 3 is 2.75 bits per heavy atom. The van der Waals surface area contributed by atoms with Crippen LogP contribution in [-0.2, 0) is 12.3 Å². The minimum absolute atomic E-state index is 0.468. The summed E-state index contributed by atoms with van der Waals surface area (Å²) in [7, 11) is 0. The molecule has 2 N–H and O–H groups in total. The molecule has 0 spiro atoms. The zero-order chi connectivity index (χ0) is 13.9. The van der Waals surface area contributed by atoms with E-state index in [1.807, 2.05) is 53.1 Å². The van der Waals surface area contributed by atoms with E-state index in [4.69, 9.17) is 17.3 Å². The molecule has 0 saturated carbocycles. The van der Waals surface area contributed by atoms with Gasteiger partial charge in [-0.1, -0.05) is 47.6 Å². The van der Waals surface area contributed by atoms with Gasteiger partial charge < -0.3 is 10.1 Å². The topological polar surface area (TPSA) is 43.3 Å². The van der Waals surface area contributed by atoms with Crippen LogP contribution in [0.15, 0.2) is 53.7 Å². The largest absolute Gasteiger partial charge is 0.325 e. The van der Waals surface area contributed by atoms with Crippen LogP contribution in [0.25, 0.3) is 5.65 Å². The number of hydrogen-bond donors (Lipinski definition) is 1. The lowest BCUT2D eigenvalue weighted by Gasteiger charge is -2.04. The van der Waals surface area contributed by atoms with Crippen LogP contribution in [0.3, 0.4) is 0 Å². The number of fused-ring (bicyclic) bond motifs is 1. The summed E-state index contributed by atoms with van der Waals surface area (Å²) in [6, 6.07) is 13.8. The molecule has 0 aliphatic carbocycles. The Kier molecular flexibility index (Phi) is 3.96. The summed E-state index contributed by atoms with van der Waals surface area (Å²) < 4.78 is 2.04. The second-order valence-electron chi connectivity index (χ2n) is 4.38. The first-order valence-corrected chi connectivity index (χ1v) is 7.68. The molecule has 0 fully saturated rings. The van der Waals surface area contributed by atoms with E-state index in [2.05, 4.69) is 4.98 Å². The van der Waals surface area contributed by atoms with E-state index in [-0.39, 0.29) is 0 Å². The van der Waals surface area contributed by atoms with Crippen molar-refractivity contribution >= 4 is 29.0 Å². The Morgan fingerprint density at radius 2 is 1.95 bits per heavy atom. The van der Waals surface area contributed by atoms with Crippen molar-refractivity contribution in [3.05, 3.63) is 64.9 Å². The smallest absolute Gasteiger partial charge is 0.138 e. The molecule has 0 atom stereocenters. The van der Waals surface area contributed by atoms with Crippen molar-refractivity contribution in [3.8, 4) is 0 Å². The number of nitrogens with zero attached hydrogens (tertiary/aromatic N) is 2. The fourth-order valence-corrected chi connectivity index (χ4v) is 3.42. The molecule has 3 rings (SSSR count). The van der Waals surface area contributed by atoms with Crippen molar-refractivity contribution in [1.82, 2.24) is 9.38 Å².